The fourth-order valence-electron chi connectivity index (χ4n) is 2.52. The zero-order chi connectivity index (χ0) is 15.0. The summed E-state index contributed by atoms with van der Waals surface area (Å²) in [6.45, 7) is 6.01. The van der Waals surface area contributed by atoms with Gasteiger partial charge in [-0.15, -0.1) is 10.7 Å². The summed E-state index contributed by atoms with van der Waals surface area (Å²) in [5.74, 6) is 6.81. The first kappa shape index (κ1) is 17.5. The van der Waals surface area contributed by atoms with E-state index in [1.165, 1.54) is 44.9 Å². The fourth-order valence-corrected chi connectivity index (χ4v) is 3.88. The number of hydrogen-bond acceptors (Lipinski definition) is 1. The van der Waals surface area contributed by atoms with Crippen LogP contribution in [0.5, 0.6) is 0 Å². The lowest BCUT2D eigenvalue weighted by molar-refractivity contribution is -0.115. The fraction of sp³-hybridized carbons (Fsp3) is 0.765. The van der Waals surface area contributed by atoms with Gasteiger partial charge in [-0.3, -0.25) is 4.79 Å². The lowest BCUT2D eigenvalue weighted by Gasteiger charge is -2.25. The molecule has 1 rings (SSSR count). The van der Waals surface area contributed by atoms with Crippen molar-refractivity contribution >= 4 is 22.4 Å². The molecule has 1 aliphatic carbocycles. The van der Waals surface area contributed by atoms with Crippen molar-refractivity contribution in [2.45, 2.75) is 65.7 Å². The first-order valence-electron chi connectivity index (χ1n) is 7.97. The van der Waals surface area contributed by atoms with Gasteiger partial charge in [0.2, 0.25) is 0 Å². The van der Waals surface area contributed by atoms with Gasteiger partial charge in [-0.2, -0.15) is 0 Å². The van der Waals surface area contributed by atoms with E-state index in [-0.39, 0.29) is 16.6 Å². The number of unbranched alkanes of at least 4 members (excludes halogenated alkanes) is 1. The summed E-state index contributed by atoms with van der Waals surface area (Å²) in [6.07, 6.45) is 11.6. The number of carbonyl (C=O) groups excluding carboxylic acids is 1. The van der Waals surface area contributed by atoms with Gasteiger partial charge in [0.15, 0.2) is 0 Å². The highest BCUT2D eigenvalue weighted by Gasteiger charge is 2.16. The van der Waals surface area contributed by atoms with Crippen LogP contribution in [0.2, 0.25) is 0 Å². The molecule has 1 fully saturated rings. The van der Waals surface area contributed by atoms with E-state index in [1.807, 2.05) is 19.9 Å². The number of allylic oxidation sites excluding steroid dienone is 1. The molecular formula is C17H31NOS. The van der Waals surface area contributed by atoms with Crippen LogP contribution in [-0.4, -0.2) is 17.5 Å². The van der Waals surface area contributed by atoms with Crippen molar-refractivity contribution < 1.29 is 4.79 Å². The maximum atomic E-state index is 11.7. The second-order valence-electron chi connectivity index (χ2n) is 6.25. The van der Waals surface area contributed by atoms with Gasteiger partial charge in [0.05, 0.1) is 0 Å². The van der Waals surface area contributed by atoms with Gasteiger partial charge in [-0.1, -0.05) is 57.4 Å². The van der Waals surface area contributed by atoms with Gasteiger partial charge in [0, 0.05) is 11.3 Å². The van der Waals surface area contributed by atoms with Crippen molar-refractivity contribution in [2.75, 3.05) is 5.75 Å². The Balaban J connectivity index is 2.09. The van der Waals surface area contributed by atoms with Crippen molar-refractivity contribution in [1.29, 1.82) is 0 Å². The number of rotatable bonds is 9. The summed E-state index contributed by atoms with van der Waals surface area (Å²) in [7, 11) is -0.247. The van der Waals surface area contributed by atoms with E-state index in [2.05, 4.69) is 17.5 Å². The van der Waals surface area contributed by atoms with Crippen LogP contribution in [0.3, 0.4) is 0 Å². The van der Waals surface area contributed by atoms with Crippen LogP contribution < -0.4 is 4.72 Å². The molecule has 1 saturated carbocycles. The molecule has 116 valence electrons. The SMILES string of the molecule is C=S(CC(C)CCCCC1CCC1)NC(=O)/C(C)=C/C. The van der Waals surface area contributed by atoms with E-state index in [0.29, 0.717) is 5.92 Å². The third-order valence-corrected chi connectivity index (χ3v) is 5.74. The normalized spacial score (nSPS) is 19.2. The predicted molar refractivity (Wildman–Crippen MR) is 92.1 cm³/mol. The number of carbonyl (C=O) groups is 1. The Morgan fingerprint density at radius 3 is 2.70 bits per heavy atom. The summed E-state index contributed by atoms with van der Waals surface area (Å²) >= 11 is 0. The van der Waals surface area contributed by atoms with Gasteiger partial charge in [-0.05, 0) is 32.1 Å². The van der Waals surface area contributed by atoms with E-state index >= 15 is 0 Å². The predicted octanol–water partition coefficient (Wildman–Crippen LogP) is 4.68. The lowest BCUT2D eigenvalue weighted by Crippen LogP contribution is -2.20. The number of hydrogen-bond donors (Lipinski definition) is 1. The van der Waals surface area contributed by atoms with E-state index < -0.39 is 0 Å². The summed E-state index contributed by atoms with van der Waals surface area (Å²) in [6, 6.07) is 0. The molecular weight excluding hydrogens is 266 g/mol. The summed E-state index contributed by atoms with van der Waals surface area (Å²) < 4.78 is 3.00. The third kappa shape index (κ3) is 6.74. The molecule has 0 spiro atoms. The topological polar surface area (TPSA) is 29.1 Å². The first-order valence-corrected chi connectivity index (χ1v) is 9.53. The maximum absolute atomic E-state index is 11.7. The molecule has 0 radical (unpaired) electrons. The average molecular weight is 298 g/mol. The van der Waals surface area contributed by atoms with Crippen LogP contribution >= 0.6 is 10.7 Å². The van der Waals surface area contributed by atoms with E-state index in [1.54, 1.807) is 0 Å². The molecule has 20 heavy (non-hydrogen) atoms. The second-order valence-corrected chi connectivity index (χ2v) is 7.77. The van der Waals surface area contributed by atoms with Crippen LogP contribution in [0.25, 0.3) is 0 Å². The van der Waals surface area contributed by atoms with Crippen LogP contribution in [0.1, 0.15) is 65.7 Å². The van der Waals surface area contributed by atoms with Gasteiger partial charge in [0.1, 0.15) is 0 Å². The Kier molecular flexibility index (Phi) is 8.20. The zero-order valence-corrected chi connectivity index (χ0v) is 14.2. The summed E-state index contributed by atoms with van der Waals surface area (Å²) in [5.41, 5.74) is 0.777. The molecule has 2 nitrogen and oxygen atoms in total. The minimum atomic E-state index is -0.247. The molecule has 0 saturated heterocycles. The quantitative estimate of drug-likeness (QED) is 0.373. The smallest absolute Gasteiger partial charge is 0.255 e. The van der Waals surface area contributed by atoms with E-state index in [9.17, 15) is 4.79 Å². The molecule has 0 aromatic carbocycles. The molecule has 2 unspecified atom stereocenters. The van der Waals surface area contributed by atoms with E-state index in [4.69, 9.17) is 0 Å². The zero-order valence-electron chi connectivity index (χ0n) is 13.4. The molecule has 1 N–H and O–H groups in total. The molecule has 2 atom stereocenters. The number of amides is 1. The van der Waals surface area contributed by atoms with Crippen LogP contribution in [0.15, 0.2) is 11.6 Å². The van der Waals surface area contributed by atoms with Crippen molar-refractivity contribution in [2.24, 2.45) is 11.8 Å². The Morgan fingerprint density at radius 2 is 2.15 bits per heavy atom. The monoisotopic (exact) mass is 297 g/mol. The number of nitrogens with one attached hydrogen (secondary N) is 1. The van der Waals surface area contributed by atoms with Crippen LogP contribution in [0.4, 0.5) is 0 Å². The molecule has 0 aromatic heterocycles. The maximum Gasteiger partial charge on any atom is 0.255 e. The summed E-state index contributed by atoms with van der Waals surface area (Å²) in [5, 5.41) is 0. The highest BCUT2D eigenvalue weighted by Crippen LogP contribution is 2.31. The molecule has 1 aliphatic rings. The second kappa shape index (κ2) is 9.38. The van der Waals surface area contributed by atoms with E-state index in [0.717, 1.165) is 17.2 Å². The Bertz CT molecular complexity index is 358. The molecule has 0 heterocycles. The molecule has 1 amide bonds. The van der Waals surface area contributed by atoms with Crippen LogP contribution in [-0.2, 0) is 4.79 Å². The minimum absolute atomic E-state index is 0.0306. The molecule has 0 aliphatic heterocycles. The first-order chi connectivity index (χ1) is 9.52. The third-order valence-electron chi connectivity index (χ3n) is 4.30. The van der Waals surface area contributed by atoms with Crippen LogP contribution in [0, 0.1) is 11.8 Å². The van der Waals surface area contributed by atoms with Gasteiger partial charge in [-0.25, -0.2) is 0 Å². The van der Waals surface area contributed by atoms with Crippen molar-refractivity contribution in [1.82, 2.24) is 4.72 Å². The summed E-state index contributed by atoms with van der Waals surface area (Å²) in [4.78, 5) is 11.7. The molecule has 0 aromatic rings. The van der Waals surface area contributed by atoms with Gasteiger partial charge >= 0.3 is 0 Å². The van der Waals surface area contributed by atoms with Crippen molar-refractivity contribution in [3.05, 3.63) is 11.6 Å². The standard InChI is InChI=1S/C17H31NOS/c1-5-15(3)17(19)18-20(4)13-14(2)9-6-7-10-16-11-8-12-16/h5,14,16H,4,6-13H2,1-3H3,(H,18,19)/b15-5+. The Morgan fingerprint density at radius 1 is 1.45 bits per heavy atom. The minimum Gasteiger partial charge on any atom is -0.303 e. The molecule has 0 bridgehead atoms. The largest absolute Gasteiger partial charge is 0.303 e. The average Bonchev–Trinajstić information content (AvgIpc) is 2.34. The van der Waals surface area contributed by atoms with Gasteiger partial charge < -0.3 is 4.72 Å². The van der Waals surface area contributed by atoms with Gasteiger partial charge in [0.25, 0.3) is 5.91 Å². The Hall–Kier alpha value is -0.570. The van der Waals surface area contributed by atoms with Crippen molar-refractivity contribution in [3.63, 3.8) is 0 Å². The van der Waals surface area contributed by atoms with Crippen molar-refractivity contribution in [3.8, 4) is 0 Å². The lowest BCUT2D eigenvalue weighted by atomic mass is 9.81. The Labute approximate surface area is 127 Å². The molecule has 3 heteroatoms. The highest BCUT2D eigenvalue weighted by molar-refractivity contribution is 8.12. The highest BCUT2D eigenvalue weighted by atomic mass is 32.2.